The van der Waals surface area contributed by atoms with E-state index in [9.17, 15) is 0 Å². The summed E-state index contributed by atoms with van der Waals surface area (Å²) in [5.41, 5.74) is 1.17. The molecule has 1 aromatic rings. The van der Waals surface area contributed by atoms with E-state index in [1.165, 1.54) is 37.7 Å². The van der Waals surface area contributed by atoms with Crippen molar-refractivity contribution in [2.45, 2.75) is 58.1 Å². The highest BCUT2D eigenvalue weighted by molar-refractivity contribution is 6.32. The molecule has 0 aromatic heterocycles. The molecule has 0 radical (unpaired) electrons. The van der Waals surface area contributed by atoms with E-state index in [0.29, 0.717) is 11.1 Å². The van der Waals surface area contributed by atoms with E-state index in [1.807, 2.05) is 25.1 Å². The highest BCUT2D eigenvalue weighted by Crippen LogP contribution is 2.26. The fraction of sp³-hybridized carbons (Fsp3) is 0.625. The molecular weight excluding hydrogens is 258 g/mol. The Labute approximate surface area is 121 Å². The summed E-state index contributed by atoms with van der Waals surface area (Å²) in [4.78, 5) is 0. The van der Waals surface area contributed by atoms with Gasteiger partial charge in [-0.2, -0.15) is 0 Å². The molecule has 19 heavy (non-hydrogen) atoms. The number of rotatable bonds is 5. The van der Waals surface area contributed by atoms with Crippen LogP contribution in [0.25, 0.3) is 0 Å². The van der Waals surface area contributed by atoms with Crippen molar-refractivity contribution < 1.29 is 4.74 Å². The first-order valence-corrected chi connectivity index (χ1v) is 7.69. The Balaban J connectivity index is 1.80. The van der Waals surface area contributed by atoms with Gasteiger partial charge < -0.3 is 10.1 Å². The Morgan fingerprint density at radius 2 is 2.05 bits per heavy atom. The van der Waals surface area contributed by atoms with Gasteiger partial charge in [0.2, 0.25) is 0 Å². The Bertz CT molecular complexity index is 402. The SMILES string of the molecule is Cc1ccc(Cl)c(OC(C)CNC2CCCCC2)c1. The highest BCUT2D eigenvalue weighted by Gasteiger charge is 2.14. The molecule has 0 heterocycles. The Hall–Kier alpha value is -0.730. The first-order chi connectivity index (χ1) is 9.15. The zero-order valence-corrected chi connectivity index (χ0v) is 12.7. The monoisotopic (exact) mass is 281 g/mol. The van der Waals surface area contributed by atoms with E-state index in [-0.39, 0.29) is 6.10 Å². The summed E-state index contributed by atoms with van der Waals surface area (Å²) in [5.74, 6) is 0.791. The fourth-order valence-electron chi connectivity index (χ4n) is 2.60. The van der Waals surface area contributed by atoms with Crippen molar-refractivity contribution >= 4 is 11.6 Å². The maximum atomic E-state index is 6.14. The van der Waals surface area contributed by atoms with Crippen LogP contribution < -0.4 is 10.1 Å². The lowest BCUT2D eigenvalue weighted by Gasteiger charge is -2.25. The molecule has 1 aromatic carbocycles. The average Bonchev–Trinajstić information content (AvgIpc) is 2.42. The summed E-state index contributed by atoms with van der Waals surface area (Å²) in [5, 5.41) is 4.30. The van der Waals surface area contributed by atoms with Gasteiger partial charge in [-0.25, -0.2) is 0 Å². The van der Waals surface area contributed by atoms with Crippen LogP contribution in [0.5, 0.6) is 5.75 Å². The molecule has 0 saturated heterocycles. The van der Waals surface area contributed by atoms with E-state index in [1.54, 1.807) is 0 Å². The molecule has 0 spiro atoms. The van der Waals surface area contributed by atoms with Crippen LogP contribution in [0.1, 0.15) is 44.6 Å². The molecule has 3 heteroatoms. The van der Waals surface area contributed by atoms with Gasteiger partial charge in [-0.15, -0.1) is 0 Å². The first kappa shape index (κ1) is 14.7. The molecule has 2 nitrogen and oxygen atoms in total. The number of aryl methyl sites for hydroxylation is 1. The Morgan fingerprint density at radius 3 is 2.79 bits per heavy atom. The lowest BCUT2D eigenvalue weighted by Crippen LogP contribution is -2.37. The number of nitrogens with one attached hydrogen (secondary N) is 1. The third-order valence-corrected chi connectivity index (χ3v) is 4.03. The Morgan fingerprint density at radius 1 is 1.32 bits per heavy atom. The molecule has 1 N–H and O–H groups in total. The summed E-state index contributed by atoms with van der Waals surface area (Å²) in [6.45, 7) is 5.03. The van der Waals surface area contributed by atoms with Crippen LogP contribution in [0.3, 0.4) is 0 Å². The molecule has 0 aliphatic heterocycles. The number of ether oxygens (including phenoxy) is 1. The maximum Gasteiger partial charge on any atom is 0.138 e. The van der Waals surface area contributed by atoms with Crippen molar-refractivity contribution in [3.05, 3.63) is 28.8 Å². The van der Waals surface area contributed by atoms with Crippen LogP contribution in [0.4, 0.5) is 0 Å². The molecule has 106 valence electrons. The van der Waals surface area contributed by atoms with Crippen molar-refractivity contribution in [3.63, 3.8) is 0 Å². The summed E-state index contributed by atoms with van der Waals surface area (Å²) < 4.78 is 5.92. The van der Waals surface area contributed by atoms with E-state index in [2.05, 4.69) is 12.2 Å². The first-order valence-electron chi connectivity index (χ1n) is 7.31. The topological polar surface area (TPSA) is 21.3 Å². The molecule has 2 rings (SSSR count). The van der Waals surface area contributed by atoms with Gasteiger partial charge in [0.15, 0.2) is 0 Å². The van der Waals surface area contributed by atoms with Gasteiger partial charge in [0.25, 0.3) is 0 Å². The minimum atomic E-state index is 0.140. The normalized spacial score (nSPS) is 18.3. The second kappa shape index (κ2) is 7.16. The summed E-state index contributed by atoms with van der Waals surface area (Å²) >= 11 is 6.14. The van der Waals surface area contributed by atoms with Gasteiger partial charge in [-0.3, -0.25) is 0 Å². The minimum absolute atomic E-state index is 0.140. The lowest BCUT2D eigenvalue weighted by molar-refractivity contribution is 0.205. The summed E-state index contributed by atoms with van der Waals surface area (Å²) in [6.07, 6.45) is 6.85. The van der Waals surface area contributed by atoms with Crippen LogP contribution in [0.15, 0.2) is 18.2 Å². The highest BCUT2D eigenvalue weighted by atomic mass is 35.5. The molecule has 1 unspecified atom stereocenters. The smallest absolute Gasteiger partial charge is 0.138 e. The van der Waals surface area contributed by atoms with Crippen molar-refractivity contribution in [1.29, 1.82) is 0 Å². The van der Waals surface area contributed by atoms with Crippen LogP contribution in [0, 0.1) is 6.92 Å². The van der Waals surface area contributed by atoms with Gasteiger partial charge in [0.05, 0.1) is 5.02 Å². The minimum Gasteiger partial charge on any atom is -0.488 e. The largest absolute Gasteiger partial charge is 0.488 e. The van der Waals surface area contributed by atoms with Crippen molar-refractivity contribution in [1.82, 2.24) is 5.32 Å². The predicted octanol–water partition coefficient (Wildman–Crippen LogP) is 4.34. The quantitative estimate of drug-likeness (QED) is 0.867. The van der Waals surface area contributed by atoms with Crippen molar-refractivity contribution in [2.75, 3.05) is 6.54 Å². The third kappa shape index (κ3) is 4.70. The number of hydrogen-bond donors (Lipinski definition) is 1. The van der Waals surface area contributed by atoms with Crippen LogP contribution in [-0.2, 0) is 0 Å². The van der Waals surface area contributed by atoms with Crippen molar-refractivity contribution in [2.24, 2.45) is 0 Å². The summed E-state index contributed by atoms with van der Waals surface area (Å²) in [7, 11) is 0. The predicted molar refractivity (Wildman–Crippen MR) is 81.2 cm³/mol. The average molecular weight is 282 g/mol. The number of hydrogen-bond acceptors (Lipinski definition) is 2. The molecule has 1 aliphatic rings. The van der Waals surface area contributed by atoms with Crippen molar-refractivity contribution in [3.8, 4) is 5.75 Å². The van der Waals surface area contributed by atoms with Crippen LogP contribution in [0.2, 0.25) is 5.02 Å². The second-order valence-electron chi connectivity index (χ2n) is 5.61. The zero-order valence-electron chi connectivity index (χ0n) is 11.9. The molecule has 0 bridgehead atoms. The zero-order chi connectivity index (χ0) is 13.7. The molecule has 1 aliphatic carbocycles. The molecule has 0 amide bonds. The maximum absolute atomic E-state index is 6.14. The van der Waals surface area contributed by atoms with Crippen LogP contribution >= 0.6 is 11.6 Å². The second-order valence-corrected chi connectivity index (χ2v) is 6.01. The number of benzene rings is 1. The summed E-state index contributed by atoms with van der Waals surface area (Å²) in [6, 6.07) is 6.57. The molecule has 1 saturated carbocycles. The molecule has 1 atom stereocenters. The van der Waals surface area contributed by atoms with E-state index in [0.717, 1.165) is 12.3 Å². The lowest BCUT2D eigenvalue weighted by atomic mass is 9.95. The van der Waals surface area contributed by atoms with Crippen LogP contribution in [-0.4, -0.2) is 18.7 Å². The van der Waals surface area contributed by atoms with Gasteiger partial charge in [0.1, 0.15) is 11.9 Å². The van der Waals surface area contributed by atoms with Gasteiger partial charge in [-0.1, -0.05) is 36.9 Å². The van der Waals surface area contributed by atoms with Gasteiger partial charge in [-0.05, 0) is 44.4 Å². The van der Waals surface area contributed by atoms with E-state index in [4.69, 9.17) is 16.3 Å². The standard InChI is InChI=1S/C16H24ClNO/c1-12-8-9-15(17)16(10-12)19-13(2)11-18-14-6-4-3-5-7-14/h8-10,13-14,18H,3-7,11H2,1-2H3. The van der Waals surface area contributed by atoms with E-state index >= 15 is 0 Å². The van der Waals surface area contributed by atoms with Gasteiger partial charge >= 0.3 is 0 Å². The van der Waals surface area contributed by atoms with E-state index < -0.39 is 0 Å². The number of halogens is 1. The fourth-order valence-corrected chi connectivity index (χ4v) is 2.76. The molecule has 1 fully saturated rings. The Kier molecular flexibility index (Phi) is 5.53. The molecular formula is C16H24ClNO. The van der Waals surface area contributed by atoms with Gasteiger partial charge in [0, 0.05) is 12.6 Å². The third-order valence-electron chi connectivity index (χ3n) is 3.71.